The molecule has 112 valence electrons. The molecule has 0 aromatic rings. The van der Waals surface area contributed by atoms with E-state index in [4.69, 9.17) is 5.73 Å². The van der Waals surface area contributed by atoms with Gasteiger partial charge >= 0.3 is 0 Å². The monoisotopic (exact) mass is 281 g/mol. The van der Waals surface area contributed by atoms with Crippen molar-refractivity contribution in [2.75, 3.05) is 6.54 Å². The summed E-state index contributed by atoms with van der Waals surface area (Å²) in [5, 5.41) is 2.27. The lowest BCUT2D eigenvalue weighted by Gasteiger charge is -2.41. The summed E-state index contributed by atoms with van der Waals surface area (Å²) >= 11 is 0. The summed E-state index contributed by atoms with van der Waals surface area (Å²) in [6, 6.07) is 0.0464. The molecule has 2 rings (SSSR count). The summed E-state index contributed by atoms with van der Waals surface area (Å²) in [4.78, 5) is 37.2. The number of imide groups is 1. The first kappa shape index (κ1) is 15.0. The van der Waals surface area contributed by atoms with Crippen molar-refractivity contribution < 1.29 is 14.4 Å². The van der Waals surface area contributed by atoms with Crippen molar-refractivity contribution in [1.82, 2.24) is 10.2 Å². The summed E-state index contributed by atoms with van der Waals surface area (Å²) < 4.78 is 0. The molecular weight excluding hydrogens is 258 g/mol. The second-order valence-corrected chi connectivity index (χ2v) is 6.33. The topological polar surface area (TPSA) is 92.5 Å². The summed E-state index contributed by atoms with van der Waals surface area (Å²) in [6.07, 6.45) is 4.42. The Morgan fingerprint density at radius 1 is 1.35 bits per heavy atom. The number of carbonyl (C=O) groups is 3. The maximum Gasteiger partial charge on any atom is 0.252 e. The number of carbonyl (C=O) groups excluding carboxylic acids is 3. The molecule has 1 saturated heterocycles. The van der Waals surface area contributed by atoms with Crippen LogP contribution >= 0.6 is 0 Å². The van der Waals surface area contributed by atoms with E-state index < -0.39 is 17.4 Å². The third-order valence-electron chi connectivity index (χ3n) is 4.49. The standard InChI is InChI=1S/C14H23N3O3/c1-14(2)13(20)16-11(18)8-17(14)12(19)7-9-5-3-4-6-10(9)15/h9-10H,3-8,15H2,1-2H3,(H,16,18,20). The molecule has 0 aromatic carbocycles. The van der Waals surface area contributed by atoms with E-state index in [2.05, 4.69) is 5.32 Å². The van der Waals surface area contributed by atoms with Gasteiger partial charge in [-0.25, -0.2) is 0 Å². The van der Waals surface area contributed by atoms with Crippen LogP contribution in [0.15, 0.2) is 0 Å². The zero-order valence-corrected chi connectivity index (χ0v) is 12.1. The van der Waals surface area contributed by atoms with E-state index in [-0.39, 0.29) is 24.4 Å². The summed E-state index contributed by atoms with van der Waals surface area (Å²) in [7, 11) is 0. The molecule has 0 aromatic heterocycles. The molecule has 2 atom stereocenters. The second-order valence-electron chi connectivity index (χ2n) is 6.33. The van der Waals surface area contributed by atoms with Gasteiger partial charge in [0.2, 0.25) is 11.8 Å². The fourth-order valence-electron chi connectivity index (χ4n) is 3.01. The molecule has 1 aliphatic heterocycles. The minimum absolute atomic E-state index is 0.0464. The maximum atomic E-state index is 12.5. The normalized spacial score (nSPS) is 30.1. The lowest BCUT2D eigenvalue weighted by Crippen LogP contribution is -2.65. The zero-order valence-electron chi connectivity index (χ0n) is 12.1. The highest BCUT2D eigenvalue weighted by Gasteiger charge is 2.44. The van der Waals surface area contributed by atoms with E-state index in [0.717, 1.165) is 25.7 Å². The zero-order chi connectivity index (χ0) is 14.9. The minimum Gasteiger partial charge on any atom is -0.327 e. The predicted molar refractivity (Wildman–Crippen MR) is 73.5 cm³/mol. The lowest BCUT2D eigenvalue weighted by molar-refractivity contribution is -0.156. The molecule has 6 nitrogen and oxygen atoms in total. The predicted octanol–water partition coefficient (Wildman–Crippen LogP) is 0.158. The van der Waals surface area contributed by atoms with Crippen LogP contribution in [-0.4, -0.2) is 40.7 Å². The Kier molecular flexibility index (Phi) is 4.13. The van der Waals surface area contributed by atoms with Crippen LogP contribution in [0.4, 0.5) is 0 Å². The van der Waals surface area contributed by atoms with Gasteiger partial charge in [0.05, 0.1) is 0 Å². The number of nitrogens with zero attached hydrogens (tertiary/aromatic N) is 1. The van der Waals surface area contributed by atoms with Crippen LogP contribution in [-0.2, 0) is 14.4 Å². The average Bonchev–Trinajstić information content (AvgIpc) is 2.37. The van der Waals surface area contributed by atoms with E-state index in [1.165, 1.54) is 4.90 Å². The fraction of sp³-hybridized carbons (Fsp3) is 0.786. The van der Waals surface area contributed by atoms with Gasteiger partial charge in [-0.15, -0.1) is 0 Å². The Balaban J connectivity index is 2.07. The third-order valence-corrected chi connectivity index (χ3v) is 4.49. The smallest absolute Gasteiger partial charge is 0.252 e. The molecule has 3 N–H and O–H groups in total. The Hall–Kier alpha value is -1.43. The van der Waals surface area contributed by atoms with Gasteiger partial charge < -0.3 is 10.6 Å². The van der Waals surface area contributed by atoms with Crippen LogP contribution < -0.4 is 11.1 Å². The first-order valence-corrected chi connectivity index (χ1v) is 7.22. The van der Waals surface area contributed by atoms with Gasteiger partial charge in [0, 0.05) is 12.5 Å². The molecule has 6 heteroatoms. The van der Waals surface area contributed by atoms with E-state index in [0.29, 0.717) is 6.42 Å². The minimum atomic E-state index is -0.982. The van der Waals surface area contributed by atoms with Crippen LogP contribution in [0.5, 0.6) is 0 Å². The van der Waals surface area contributed by atoms with Crippen LogP contribution in [0, 0.1) is 5.92 Å². The summed E-state index contributed by atoms with van der Waals surface area (Å²) in [5.41, 5.74) is 5.08. The molecule has 0 radical (unpaired) electrons. The fourth-order valence-corrected chi connectivity index (χ4v) is 3.01. The van der Waals surface area contributed by atoms with Gasteiger partial charge in [0.1, 0.15) is 12.1 Å². The number of hydrogen-bond donors (Lipinski definition) is 2. The highest BCUT2D eigenvalue weighted by molar-refractivity contribution is 6.06. The molecule has 3 amide bonds. The van der Waals surface area contributed by atoms with Crippen LogP contribution in [0.2, 0.25) is 0 Å². The van der Waals surface area contributed by atoms with Crippen molar-refractivity contribution in [3.8, 4) is 0 Å². The van der Waals surface area contributed by atoms with Gasteiger partial charge in [-0.2, -0.15) is 0 Å². The molecule has 2 aliphatic rings. The van der Waals surface area contributed by atoms with Crippen molar-refractivity contribution in [2.45, 2.75) is 57.5 Å². The number of nitrogens with two attached hydrogens (primary N) is 1. The van der Waals surface area contributed by atoms with Crippen molar-refractivity contribution >= 4 is 17.7 Å². The first-order chi connectivity index (χ1) is 9.32. The molecule has 2 fully saturated rings. The van der Waals surface area contributed by atoms with Gasteiger partial charge in [-0.3, -0.25) is 19.7 Å². The van der Waals surface area contributed by atoms with Crippen LogP contribution in [0.1, 0.15) is 46.0 Å². The summed E-state index contributed by atoms with van der Waals surface area (Å²) in [5.74, 6) is -0.835. The van der Waals surface area contributed by atoms with Crippen molar-refractivity contribution in [2.24, 2.45) is 11.7 Å². The van der Waals surface area contributed by atoms with Gasteiger partial charge in [0.15, 0.2) is 0 Å². The highest BCUT2D eigenvalue weighted by Crippen LogP contribution is 2.28. The average molecular weight is 281 g/mol. The maximum absolute atomic E-state index is 12.5. The largest absolute Gasteiger partial charge is 0.327 e. The Morgan fingerprint density at radius 2 is 2.00 bits per heavy atom. The Bertz CT molecular complexity index is 433. The number of rotatable bonds is 2. The van der Waals surface area contributed by atoms with Crippen molar-refractivity contribution in [1.29, 1.82) is 0 Å². The molecule has 1 heterocycles. The van der Waals surface area contributed by atoms with E-state index >= 15 is 0 Å². The van der Waals surface area contributed by atoms with Gasteiger partial charge in [-0.1, -0.05) is 12.8 Å². The molecule has 1 saturated carbocycles. The Labute approximate surface area is 119 Å². The van der Waals surface area contributed by atoms with Gasteiger partial charge in [-0.05, 0) is 32.6 Å². The summed E-state index contributed by atoms with van der Waals surface area (Å²) in [6.45, 7) is 3.26. The SMILES string of the molecule is CC1(C)C(=O)NC(=O)CN1C(=O)CC1CCCCC1N. The number of piperazine rings is 1. The van der Waals surface area contributed by atoms with Gasteiger partial charge in [0.25, 0.3) is 5.91 Å². The lowest BCUT2D eigenvalue weighted by atomic mass is 9.82. The number of nitrogens with one attached hydrogen (secondary N) is 1. The molecule has 1 aliphatic carbocycles. The van der Waals surface area contributed by atoms with Crippen molar-refractivity contribution in [3.63, 3.8) is 0 Å². The molecule has 0 bridgehead atoms. The molecule has 2 unspecified atom stereocenters. The molecule has 20 heavy (non-hydrogen) atoms. The highest BCUT2D eigenvalue weighted by atomic mass is 16.2. The van der Waals surface area contributed by atoms with E-state index in [1.54, 1.807) is 13.8 Å². The van der Waals surface area contributed by atoms with Crippen LogP contribution in [0.25, 0.3) is 0 Å². The second kappa shape index (κ2) is 5.52. The van der Waals surface area contributed by atoms with Crippen molar-refractivity contribution in [3.05, 3.63) is 0 Å². The first-order valence-electron chi connectivity index (χ1n) is 7.22. The quantitative estimate of drug-likeness (QED) is 0.705. The van der Waals surface area contributed by atoms with E-state index in [9.17, 15) is 14.4 Å². The number of hydrogen-bond acceptors (Lipinski definition) is 4. The van der Waals surface area contributed by atoms with Crippen LogP contribution in [0.3, 0.4) is 0 Å². The third kappa shape index (κ3) is 2.85. The molecular formula is C14H23N3O3. The Morgan fingerprint density at radius 3 is 2.65 bits per heavy atom. The van der Waals surface area contributed by atoms with E-state index in [1.807, 2.05) is 0 Å². The number of amides is 3. The molecule has 0 spiro atoms.